The molecule has 1 amide bonds. The van der Waals surface area contributed by atoms with Gasteiger partial charge in [-0.15, -0.1) is 0 Å². The number of fused-ring (bicyclic) bond motifs is 1. The molecule has 0 bridgehead atoms. The van der Waals surface area contributed by atoms with Crippen molar-refractivity contribution >= 4 is 34.9 Å². The molecule has 1 aliphatic rings. The first-order chi connectivity index (χ1) is 15.0. The largest absolute Gasteiger partial charge is 0.466 e. The number of hydrogen-bond donors (Lipinski definition) is 0. The molecular weight excluding hydrogens is 412 g/mol. The van der Waals surface area contributed by atoms with E-state index in [1.807, 2.05) is 42.5 Å². The Morgan fingerprint density at radius 2 is 1.84 bits per heavy atom. The Morgan fingerprint density at radius 1 is 1.13 bits per heavy atom. The zero-order valence-electron chi connectivity index (χ0n) is 18.3. The quantitative estimate of drug-likeness (QED) is 0.524. The number of nitrogens with zero attached hydrogens (tertiary/aromatic N) is 2. The van der Waals surface area contributed by atoms with Crippen molar-refractivity contribution in [3.63, 3.8) is 0 Å². The molecule has 1 unspecified atom stereocenters. The lowest BCUT2D eigenvalue weighted by atomic mass is 9.93. The number of aliphatic imine (C=N–C) groups is 1. The summed E-state index contributed by atoms with van der Waals surface area (Å²) in [5, 5.41) is 0.571. The normalized spacial score (nSPS) is 16.0. The van der Waals surface area contributed by atoms with E-state index in [0.29, 0.717) is 11.6 Å². The highest BCUT2D eigenvalue weighted by Gasteiger charge is 2.35. The number of carbonyl (C=O) groups is 2. The summed E-state index contributed by atoms with van der Waals surface area (Å²) in [6, 6.07) is 14.8. The van der Waals surface area contributed by atoms with Crippen LogP contribution in [0.15, 0.2) is 53.5 Å². The Morgan fingerprint density at radius 3 is 2.48 bits per heavy atom. The van der Waals surface area contributed by atoms with Crippen molar-refractivity contribution in [3.8, 4) is 0 Å². The van der Waals surface area contributed by atoms with Gasteiger partial charge in [0.25, 0.3) is 5.91 Å². The summed E-state index contributed by atoms with van der Waals surface area (Å²) >= 11 is 6.36. The lowest BCUT2D eigenvalue weighted by Gasteiger charge is -2.28. The molecule has 0 spiro atoms. The van der Waals surface area contributed by atoms with Crippen molar-refractivity contribution < 1.29 is 14.3 Å². The van der Waals surface area contributed by atoms with E-state index in [4.69, 9.17) is 21.3 Å². The Labute approximate surface area is 189 Å². The van der Waals surface area contributed by atoms with Gasteiger partial charge in [-0.05, 0) is 31.0 Å². The van der Waals surface area contributed by atoms with Gasteiger partial charge >= 0.3 is 5.97 Å². The van der Waals surface area contributed by atoms with Gasteiger partial charge in [0, 0.05) is 22.7 Å². The summed E-state index contributed by atoms with van der Waals surface area (Å²) < 4.78 is 5.09. The van der Waals surface area contributed by atoms with E-state index in [1.54, 1.807) is 17.9 Å². The maximum absolute atomic E-state index is 13.7. The van der Waals surface area contributed by atoms with E-state index >= 15 is 0 Å². The molecule has 0 N–H and O–H groups in total. The number of benzene rings is 2. The van der Waals surface area contributed by atoms with Gasteiger partial charge in [-0.1, -0.05) is 68.6 Å². The fraction of sp³-hybridized carbons (Fsp3) is 0.400. The SMILES string of the molecule is CCOC(=O)CCN1C(=O)C(C(CC)CC)N=C(c2ccccc2)c2cc(Cl)ccc21. The predicted octanol–water partition coefficient (Wildman–Crippen LogP) is 5.28. The average molecular weight is 441 g/mol. The number of anilines is 1. The summed E-state index contributed by atoms with van der Waals surface area (Å²) in [6.07, 6.45) is 1.79. The van der Waals surface area contributed by atoms with Crippen LogP contribution in [0.3, 0.4) is 0 Å². The van der Waals surface area contributed by atoms with E-state index in [9.17, 15) is 9.59 Å². The van der Waals surface area contributed by atoms with Crippen molar-refractivity contribution in [1.82, 2.24) is 0 Å². The minimum atomic E-state index is -0.529. The highest BCUT2D eigenvalue weighted by Crippen LogP contribution is 2.33. The highest BCUT2D eigenvalue weighted by atomic mass is 35.5. The third-order valence-electron chi connectivity index (χ3n) is 5.68. The van der Waals surface area contributed by atoms with Crippen LogP contribution < -0.4 is 4.90 Å². The van der Waals surface area contributed by atoms with Crippen LogP contribution in [-0.4, -0.2) is 36.8 Å². The van der Waals surface area contributed by atoms with Crippen LogP contribution >= 0.6 is 11.6 Å². The molecule has 1 aliphatic heterocycles. The van der Waals surface area contributed by atoms with Crippen LogP contribution in [0, 0.1) is 5.92 Å². The molecule has 2 aromatic carbocycles. The second-order valence-electron chi connectivity index (χ2n) is 7.57. The van der Waals surface area contributed by atoms with E-state index in [0.717, 1.165) is 35.4 Å². The van der Waals surface area contributed by atoms with Crippen LogP contribution in [-0.2, 0) is 14.3 Å². The molecule has 164 valence electrons. The van der Waals surface area contributed by atoms with E-state index in [2.05, 4.69) is 13.8 Å². The molecule has 0 radical (unpaired) electrons. The van der Waals surface area contributed by atoms with Gasteiger partial charge in [-0.2, -0.15) is 0 Å². The van der Waals surface area contributed by atoms with Gasteiger partial charge in [-0.3, -0.25) is 14.6 Å². The van der Waals surface area contributed by atoms with Gasteiger partial charge in [-0.25, -0.2) is 0 Å². The number of halogens is 1. The third kappa shape index (κ3) is 5.16. The Hall–Kier alpha value is -2.66. The number of benzodiazepines with no additional fused rings is 1. The standard InChI is InChI=1S/C25H29ClN2O3/c1-4-17(5-2)24-25(30)28(15-14-22(29)31-6-3)21-13-12-19(26)16-20(21)23(27-24)18-10-8-7-9-11-18/h7-13,16-17,24H,4-6,14-15H2,1-3H3. The molecule has 0 aliphatic carbocycles. The first-order valence-corrected chi connectivity index (χ1v) is 11.3. The van der Waals surface area contributed by atoms with E-state index in [1.165, 1.54) is 0 Å². The van der Waals surface area contributed by atoms with Crippen molar-refractivity contribution in [2.24, 2.45) is 10.9 Å². The number of esters is 1. The maximum Gasteiger partial charge on any atom is 0.307 e. The van der Waals surface area contributed by atoms with Crippen LogP contribution in [0.25, 0.3) is 0 Å². The zero-order valence-corrected chi connectivity index (χ0v) is 19.1. The molecule has 0 saturated carbocycles. The number of rotatable bonds is 8. The average Bonchev–Trinajstić information content (AvgIpc) is 2.89. The molecule has 5 nitrogen and oxygen atoms in total. The zero-order chi connectivity index (χ0) is 22.4. The van der Waals surface area contributed by atoms with Crippen molar-refractivity contribution in [2.45, 2.75) is 46.1 Å². The summed E-state index contributed by atoms with van der Waals surface area (Å²) in [7, 11) is 0. The smallest absolute Gasteiger partial charge is 0.307 e. The van der Waals surface area contributed by atoms with Crippen molar-refractivity contribution in [2.75, 3.05) is 18.1 Å². The lowest BCUT2D eigenvalue weighted by molar-refractivity contribution is -0.142. The van der Waals surface area contributed by atoms with Gasteiger partial charge < -0.3 is 9.64 Å². The molecule has 31 heavy (non-hydrogen) atoms. The van der Waals surface area contributed by atoms with Crippen LogP contribution in [0.1, 0.15) is 51.2 Å². The van der Waals surface area contributed by atoms with Crippen LogP contribution in [0.5, 0.6) is 0 Å². The van der Waals surface area contributed by atoms with Gasteiger partial charge in [0.2, 0.25) is 0 Å². The molecule has 1 atom stereocenters. The van der Waals surface area contributed by atoms with E-state index in [-0.39, 0.29) is 30.8 Å². The minimum Gasteiger partial charge on any atom is -0.466 e. The third-order valence-corrected chi connectivity index (χ3v) is 5.91. The molecule has 1 heterocycles. The van der Waals surface area contributed by atoms with Crippen LogP contribution in [0.4, 0.5) is 5.69 Å². The monoisotopic (exact) mass is 440 g/mol. The topological polar surface area (TPSA) is 59.0 Å². The summed E-state index contributed by atoms with van der Waals surface area (Å²) in [6.45, 7) is 6.49. The summed E-state index contributed by atoms with van der Waals surface area (Å²) in [5.41, 5.74) is 3.20. The first-order valence-electron chi connectivity index (χ1n) is 10.9. The molecule has 0 saturated heterocycles. The Bertz CT molecular complexity index is 954. The van der Waals surface area contributed by atoms with Crippen LogP contribution in [0.2, 0.25) is 5.02 Å². The van der Waals surface area contributed by atoms with E-state index < -0.39 is 6.04 Å². The van der Waals surface area contributed by atoms with Gasteiger partial charge in [0.05, 0.1) is 24.4 Å². The second-order valence-corrected chi connectivity index (χ2v) is 8.01. The van der Waals surface area contributed by atoms with Crippen molar-refractivity contribution in [3.05, 3.63) is 64.7 Å². The van der Waals surface area contributed by atoms with Crippen molar-refractivity contribution in [1.29, 1.82) is 0 Å². The van der Waals surface area contributed by atoms with Gasteiger partial charge in [0.1, 0.15) is 6.04 Å². The molecule has 2 aromatic rings. The Balaban J connectivity index is 2.15. The molecule has 0 aromatic heterocycles. The number of hydrogen-bond acceptors (Lipinski definition) is 4. The summed E-state index contributed by atoms with van der Waals surface area (Å²) in [5.74, 6) is -0.313. The first kappa shape index (κ1) is 23.0. The molecular formula is C25H29ClN2O3. The predicted molar refractivity (Wildman–Crippen MR) is 125 cm³/mol. The number of amides is 1. The summed E-state index contributed by atoms with van der Waals surface area (Å²) in [4.78, 5) is 32.5. The lowest BCUT2D eigenvalue weighted by Crippen LogP contribution is -2.42. The molecule has 3 rings (SSSR count). The fourth-order valence-corrected chi connectivity index (χ4v) is 4.18. The second kappa shape index (κ2) is 10.6. The molecule has 0 fully saturated rings. The maximum atomic E-state index is 13.7. The Kier molecular flexibility index (Phi) is 7.85. The molecule has 6 heteroatoms. The number of ether oxygens (including phenoxy) is 1. The fourth-order valence-electron chi connectivity index (χ4n) is 4.01. The highest BCUT2D eigenvalue weighted by molar-refractivity contribution is 6.32. The van der Waals surface area contributed by atoms with Gasteiger partial charge in [0.15, 0.2) is 0 Å². The number of carbonyl (C=O) groups excluding carboxylic acids is 2. The minimum absolute atomic E-state index is 0.0903.